The van der Waals surface area contributed by atoms with Gasteiger partial charge in [-0.2, -0.15) is 0 Å². The van der Waals surface area contributed by atoms with E-state index in [0.29, 0.717) is 28.5 Å². The van der Waals surface area contributed by atoms with Crippen molar-refractivity contribution in [1.82, 2.24) is 15.3 Å². The molecule has 0 aliphatic carbocycles. The highest BCUT2D eigenvalue weighted by atomic mass is 79.9. The molecule has 1 heterocycles. The van der Waals surface area contributed by atoms with Crippen LogP contribution in [0.5, 0.6) is 0 Å². The first-order chi connectivity index (χ1) is 7.11. The average Bonchev–Trinajstić information content (AvgIpc) is 2.18. The van der Waals surface area contributed by atoms with Crippen LogP contribution in [0, 0.1) is 0 Å². The molecule has 7 heteroatoms. The smallest absolute Gasteiger partial charge is 0.216 e. The Kier molecular flexibility index (Phi) is 4.77. The molecular formula is C8H10BrClN4O. The maximum absolute atomic E-state index is 10.6. The summed E-state index contributed by atoms with van der Waals surface area (Å²) < 4.78 is 0.620. The Morgan fingerprint density at radius 3 is 2.93 bits per heavy atom. The number of halogens is 2. The highest BCUT2D eigenvalue weighted by molar-refractivity contribution is 9.10. The summed E-state index contributed by atoms with van der Waals surface area (Å²) in [5.74, 6) is 0.553. The molecule has 2 N–H and O–H groups in total. The van der Waals surface area contributed by atoms with Gasteiger partial charge in [0.1, 0.15) is 17.3 Å². The molecule has 1 aromatic rings. The van der Waals surface area contributed by atoms with Gasteiger partial charge in [-0.15, -0.1) is 0 Å². The number of amides is 1. The van der Waals surface area contributed by atoms with Crippen LogP contribution >= 0.6 is 27.5 Å². The van der Waals surface area contributed by atoms with Crippen LogP contribution in [0.15, 0.2) is 10.8 Å². The number of hydrogen-bond acceptors (Lipinski definition) is 4. The molecule has 5 nitrogen and oxygen atoms in total. The van der Waals surface area contributed by atoms with Gasteiger partial charge in [-0.1, -0.05) is 11.6 Å². The fourth-order valence-electron chi connectivity index (χ4n) is 0.891. The molecule has 0 unspecified atom stereocenters. The summed E-state index contributed by atoms with van der Waals surface area (Å²) in [6.45, 7) is 2.58. The van der Waals surface area contributed by atoms with Gasteiger partial charge in [-0.05, 0) is 15.9 Å². The number of rotatable bonds is 4. The van der Waals surface area contributed by atoms with Gasteiger partial charge in [0.15, 0.2) is 0 Å². The van der Waals surface area contributed by atoms with E-state index in [1.165, 1.54) is 13.3 Å². The van der Waals surface area contributed by atoms with Gasteiger partial charge in [0.25, 0.3) is 0 Å². The Balaban J connectivity index is 2.44. The quantitative estimate of drug-likeness (QED) is 0.651. The minimum atomic E-state index is -0.0587. The molecule has 0 saturated carbocycles. The molecule has 1 rings (SSSR count). The van der Waals surface area contributed by atoms with Crippen LogP contribution in [-0.4, -0.2) is 29.0 Å². The van der Waals surface area contributed by atoms with Crippen molar-refractivity contribution in [2.24, 2.45) is 0 Å². The summed E-state index contributed by atoms with van der Waals surface area (Å²) in [5, 5.41) is 6.02. The van der Waals surface area contributed by atoms with Crippen LogP contribution in [-0.2, 0) is 4.79 Å². The fourth-order valence-corrected chi connectivity index (χ4v) is 1.37. The summed E-state index contributed by atoms with van der Waals surface area (Å²) in [4.78, 5) is 18.4. The molecule has 0 radical (unpaired) electrons. The van der Waals surface area contributed by atoms with Gasteiger partial charge in [0.2, 0.25) is 5.91 Å². The van der Waals surface area contributed by atoms with Gasteiger partial charge in [0.05, 0.1) is 4.47 Å². The molecule has 15 heavy (non-hydrogen) atoms. The minimum Gasteiger partial charge on any atom is -0.367 e. The van der Waals surface area contributed by atoms with Crippen molar-refractivity contribution >= 4 is 39.3 Å². The summed E-state index contributed by atoms with van der Waals surface area (Å²) in [6.07, 6.45) is 1.37. The van der Waals surface area contributed by atoms with Crippen molar-refractivity contribution in [2.75, 3.05) is 18.4 Å². The predicted molar refractivity (Wildman–Crippen MR) is 61.9 cm³/mol. The molecule has 0 fully saturated rings. The Labute approximate surface area is 101 Å². The van der Waals surface area contributed by atoms with Crippen LogP contribution < -0.4 is 10.6 Å². The molecule has 0 bridgehead atoms. The van der Waals surface area contributed by atoms with E-state index in [2.05, 4.69) is 36.5 Å². The lowest BCUT2D eigenvalue weighted by molar-refractivity contribution is -0.118. The third kappa shape index (κ3) is 4.01. The lowest BCUT2D eigenvalue weighted by Crippen LogP contribution is -2.26. The molecule has 0 atom stereocenters. The number of carbonyl (C=O) groups is 1. The van der Waals surface area contributed by atoms with E-state index in [1.807, 2.05) is 0 Å². The first-order valence-corrected chi connectivity index (χ1v) is 5.42. The van der Waals surface area contributed by atoms with E-state index < -0.39 is 0 Å². The Morgan fingerprint density at radius 2 is 2.27 bits per heavy atom. The van der Waals surface area contributed by atoms with E-state index >= 15 is 0 Å². The first kappa shape index (κ1) is 12.2. The second kappa shape index (κ2) is 5.87. The number of hydrogen-bond donors (Lipinski definition) is 2. The average molecular weight is 294 g/mol. The van der Waals surface area contributed by atoms with E-state index in [1.54, 1.807) is 0 Å². The van der Waals surface area contributed by atoms with E-state index in [-0.39, 0.29) is 5.91 Å². The molecule has 0 aromatic carbocycles. The van der Waals surface area contributed by atoms with Crippen molar-refractivity contribution in [2.45, 2.75) is 6.92 Å². The molecule has 0 aliphatic heterocycles. The lowest BCUT2D eigenvalue weighted by atomic mass is 10.5. The number of nitrogens with one attached hydrogen (secondary N) is 2. The topological polar surface area (TPSA) is 66.9 Å². The third-order valence-corrected chi connectivity index (χ3v) is 2.80. The zero-order valence-corrected chi connectivity index (χ0v) is 10.4. The molecule has 0 spiro atoms. The highest BCUT2D eigenvalue weighted by Gasteiger charge is 2.05. The van der Waals surface area contributed by atoms with Crippen LogP contribution in [0.1, 0.15) is 6.92 Å². The fraction of sp³-hybridized carbons (Fsp3) is 0.375. The Morgan fingerprint density at radius 1 is 1.53 bits per heavy atom. The lowest BCUT2D eigenvalue weighted by Gasteiger charge is -2.07. The van der Waals surface area contributed by atoms with Crippen molar-refractivity contribution in [3.63, 3.8) is 0 Å². The zero-order chi connectivity index (χ0) is 11.3. The normalized spacial score (nSPS) is 9.80. The highest BCUT2D eigenvalue weighted by Crippen LogP contribution is 2.25. The van der Waals surface area contributed by atoms with Crippen LogP contribution in [0.2, 0.25) is 5.15 Å². The van der Waals surface area contributed by atoms with E-state index in [4.69, 9.17) is 11.6 Å². The monoisotopic (exact) mass is 292 g/mol. The van der Waals surface area contributed by atoms with Crippen molar-refractivity contribution in [3.05, 3.63) is 16.0 Å². The minimum absolute atomic E-state index is 0.0587. The van der Waals surface area contributed by atoms with Gasteiger partial charge in [0, 0.05) is 20.0 Å². The Hall–Kier alpha value is -0.880. The number of carbonyl (C=O) groups excluding carboxylic acids is 1. The number of aromatic nitrogens is 2. The number of anilines is 1. The molecule has 82 valence electrons. The molecule has 1 amide bonds. The third-order valence-electron chi connectivity index (χ3n) is 1.54. The largest absolute Gasteiger partial charge is 0.367 e. The Bertz CT molecular complexity index is 360. The summed E-state index contributed by atoms with van der Waals surface area (Å²) in [7, 11) is 0. The molecule has 0 aliphatic rings. The maximum atomic E-state index is 10.6. The van der Waals surface area contributed by atoms with Crippen LogP contribution in [0.3, 0.4) is 0 Å². The SMILES string of the molecule is CC(=O)NCCNc1ncnc(Cl)c1Br. The summed E-state index contributed by atoms with van der Waals surface area (Å²) in [6, 6.07) is 0. The van der Waals surface area contributed by atoms with Crippen molar-refractivity contribution < 1.29 is 4.79 Å². The van der Waals surface area contributed by atoms with Crippen molar-refractivity contribution in [1.29, 1.82) is 0 Å². The second-order valence-corrected chi connectivity index (χ2v) is 3.89. The first-order valence-electron chi connectivity index (χ1n) is 4.25. The number of nitrogens with zero attached hydrogens (tertiary/aromatic N) is 2. The molecule has 1 aromatic heterocycles. The second-order valence-electron chi connectivity index (χ2n) is 2.74. The van der Waals surface area contributed by atoms with E-state index in [9.17, 15) is 4.79 Å². The predicted octanol–water partition coefficient (Wildman–Crippen LogP) is 1.44. The zero-order valence-electron chi connectivity index (χ0n) is 8.05. The van der Waals surface area contributed by atoms with Gasteiger partial charge in [-0.25, -0.2) is 9.97 Å². The summed E-state index contributed by atoms with van der Waals surface area (Å²) in [5.41, 5.74) is 0. The van der Waals surface area contributed by atoms with E-state index in [0.717, 1.165) is 0 Å². The van der Waals surface area contributed by atoms with Crippen molar-refractivity contribution in [3.8, 4) is 0 Å². The molecule has 0 saturated heterocycles. The van der Waals surface area contributed by atoms with Gasteiger partial charge >= 0.3 is 0 Å². The van der Waals surface area contributed by atoms with Gasteiger partial charge < -0.3 is 10.6 Å². The van der Waals surface area contributed by atoms with Crippen LogP contribution in [0.4, 0.5) is 5.82 Å². The maximum Gasteiger partial charge on any atom is 0.216 e. The molecular weight excluding hydrogens is 283 g/mol. The van der Waals surface area contributed by atoms with Crippen LogP contribution in [0.25, 0.3) is 0 Å². The summed E-state index contributed by atoms with van der Waals surface area (Å²) >= 11 is 9.02. The van der Waals surface area contributed by atoms with Gasteiger partial charge in [-0.3, -0.25) is 4.79 Å². The standard InChI is InChI=1S/C8H10BrClN4O/c1-5(15)11-2-3-12-8-6(9)7(10)13-4-14-8/h4H,2-3H2,1H3,(H,11,15)(H,12,13,14).